The van der Waals surface area contributed by atoms with Crippen LogP contribution in [0.2, 0.25) is 0 Å². The molecule has 2 rings (SSSR count). The number of hydrogen-bond donors (Lipinski definition) is 1. The van der Waals surface area contributed by atoms with Gasteiger partial charge in [0, 0.05) is 43.8 Å². The minimum absolute atomic E-state index is 0.366. The van der Waals surface area contributed by atoms with E-state index in [0.717, 1.165) is 36.6 Å². The molecule has 20 heavy (non-hydrogen) atoms. The third-order valence-electron chi connectivity index (χ3n) is 3.45. The third kappa shape index (κ3) is 3.39. The maximum absolute atomic E-state index is 12.7. The molecular formula is C13H23N3O2S2. The summed E-state index contributed by atoms with van der Waals surface area (Å²) >= 11 is 1.82. The zero-order valence-corrected chi connectivity index (χ0v) is 13.5. The molecule has 0 aromatic carbocycles. The minimum atomic E-state index is -3.37. The lowest BCUT2D eigenvalue weighted by molar-refractivity contribution is 0.435. The Labute approximate surface area is 125 Å². The molecule has 0 aliphatic carbocycles. The van der Waals surface area contributed by atoms with E-state index in [2.05, 4.69) is 6.92 Å². The molecule has 2 N–H and O–H groups in total. The summed E-state index contributed by atoms with van der Waals surface area (Å²) in [6.07, 6.45) is 3.61. The van der Waals surface area contributed by atoms with Gasteiger partial charge in [-0.25, -0.2) is 8.42 Å². The highest BCUT2D eigenvalue weighted by Gasteiger charge is 2.26. The fraction of sp³-hybridized carbons (Fsp3) is 0.692. The van der Waals surface area contributed by atoms with Crippen LogP contribution in [0, 0.1) is 0 Å². The summed E-state index contributed by atoms with van der Waals surface area (Å²) in [5.74, 6) is 1.91. The molecule has 1 saturated heterocycles. The highest BCUT2D eigenvalue weighted by molar-refractivity contribution is 7.99. The van der Waals surface area contributed by atoms with E-state index in [1.165, 1.54) is 0 Å². The largest absolute Gasteiger partial charge is 0.349 e. The Kier molecular flexibility index (Phi) is 5.54. The first-order valence-electron chi connectivity index (χ1n) is 7.06. The lowest BCUT2D eigenvalue weighted by Crippen LogP contribution is -2.32. The maximum atomic E-state index is 12.7. The zero-order chi connectivity index (χ0) is 14.6. The molecule has 5 nitrogen and oxygen atoms in total. The van der Waals surface area contributed by atoms with Crippen LogP contribution in [0.1, 0.15) is 25.5 Å². The Morgan fingerprint density at radius 2 is 2.15 bits per heavy atom. The van der Waals surface area contributed by atoms with Gasteiger partial charge in [-0.05, 0) is 24.7 Å². The number of hydrogen-bond acceptors (Lipinski definition) is 4. The van der Waals surface area contributed by atoms with Gasteiger partial charge >= 0.3 is 0 Å². The number of nitrogens with two attached hydrogens (primary N) is 1. The lowest BCUT2D eigenvalue weighted by atomic mass is 10.4. The summed E-state index contributed by atoms with van der Waals surface area (Å²) < 4.78 is 28.9. The van der Waals surface area contributed by atoms with Crippen molar-refractivity contribution in [2.75, 3.05) is 24.6 Å². The van der Waals surface area contributed by atoms with E-state index in [-0.39, 0.29) is 0 Å². The fourth-order valence-electron chi connectivity index (χ4n) is 2.40. The molecule has 0 saturated carbocycles. The molecule has 0 atom stereocenters. The molecule has 1 aromatic heterocycles. The molecule has 0 radical (unpaired) electrons. The number of nitrogens with zero attached hydrogens (tertiary/aromatic N) is 2. The molecule has 2 heterocycles. The summed E-state index contributed by atoms with van der Waals surface area (Å²) in [6, 6.07) is 1.73. The van der Waals surface area contributed by atoms with E-state index in [9.17, 15) is 8.42 Å². The van der Waals surface area contributed by atoms with Crippen molar-refractivity contribution in [3.63, 3.8) is 0 Å². The van der Waals surface area contributed by atoms with Crippen molar-refractivity contribution >= 4 is 21.8 Å². The second-order valence-corrected chi connectivity index (χ2v) is 8.10. The van der Waals surface area contributed by atoms with E-state index in [1.807, 2.05) is 16.3 Å². The summed E-state index contributed by atoms with van der Waals surface area (Å²) in [7, 11) is -3.37. The Morgan fingerprint density at radius 1 is 1.35 bits per heavy atom. The topological polar surface area (TPSA) is 68.3 Å². The van der Waals surface area contributed by atoms with Crippen LogP contribution in [0.5, 0.6) is 0 Å². The molecule has 0 bridgehead atoms. The van der Waals surface area contributed by atoms with Gasteiger partial charge in [-0.3, -0.25) is 0 Å². The van der Waals surface area contributed by atoms with Crippen molar-refractivity contribution < 1.29 is 8.42 Å². The number of rotatable bonds is 5. The first-order chi connectivity index (χ1) is 9.59. The molecule has 0 unspecified atom stereocenters. The van der Waals surface area contributed by atoms with Crippen molar-refractivity contribution in [2.45, 2.75) is 37.8 Å². The first-order valence-corrected chi connectivity index (χ1v) is 9.66. The van der Waals surface area contributed by atoms with Crippen molar-refractivity contribution in [1.29, 1.82) is 0 Å². The second kappa shape index (κ2) is 6.98. The SMILES string of the molecule is CCCn1cc(S(=O)(=O)N2CCCSCC2)cc1CN. The number of aryl methyl sites for hydroxylation is 1. The first kappa shape index (κ1) is 15.9. The van der Waals surface area contributed by atoms with Crippen LogP contribution in [0.25, 0.3) is 0 Å². The van der Waals surface area contributed by atoms with Gasteiger partial charge < -0.3 is 10.3 Å². The Hall–Kier alpha value is -0.500. The molecule has 0 amide bonds. The quantitative estimate of drug-likeness (QED) is 0.893. The summed E-state index contributed by atoms with van der Waals surface area (Å²) in [6.45, 7) is 4.46. The molecule has 1 aliphatic heterocycles. The monoisotopic (exact) mass is 317 g/mol. The van der Waals surface area contributed by atoms with E-state index in [1.54, 1.807) is 16.6 Å². The highest BCUT2D eigenvalue weighted by atomic mass is 32.2. The summed E-state index contributed by atoms with van der Waals surface area (Å²) in [4.78, 5) is 0.387. The van der Waals surface area contributed by atoms with Crippen LogP contribution < -0.4 is 5.73 Å². The highest BCUT2D eigenvalue weighted by Crippen LogP contribution is 2.22. The second-order valence-electron chi connectivity index (χ2n) is 4.93. The fourth-order valence-corrected chi connectivity index (χ4v) is 4.95. The van der Waals surface area contributed by atoms with Gasteiger partial charge in [-0.15, -0.1) is 0 Å². The average molecular weight is 317 g/mol. The van der Waals surface area contributed by atoms with Gasteiger partial charge in [0.2, 0.25) is 10.0 Å². The van der Waals surface area contributed by atoms with Gasteiger partial charge in [-0.1, -0.05) is 6.92 Å². The Bertz CT molecular complexity index is 532. The third-order valence-corrected chi connectivity index (χ3v) is 6.37. The number of thioether (sulfide) groups is 1. The van der Waals surface area contributed by atoms with Gasteiger partial charge in [-0.2, -0.15) is 16.1 Å². The van der Waals surface area contributed by atoms with Crippen LogP contribution in [-0.4, -0.2) is 41.9 Å². The van der Waals surface area contributed by atoms with Crippen LogP contribution >= 0.6 is 11.8 Å². The zero-order valence-electron chi connectivity index (χ0n) is 11.9. The van der Waals surface area contributed by atoms with Crippen LogP contribution in [0.3, 0.4) is 0 Å². The van der Waals surface area contributed by atoms with E-state index >= 15 is 0 Å². The predicted molar refractivity (Wildman–Crippen MR) is 83.3 cm³/mol. The van der Waals surface area contributed by atoms with Gasteiger partial charge in [0.25, 0.3) is 0 Å². The molecule has 1 fully saturated rings. The number of sulfonamides is 1. The predicted octanol–water partition coefficient (Wildman–Crippen LogP) is 1.48. The normalized spacial score (nSPS) is 18.1. The molecular weight excluding hydrogens is 294 g/mol. The van der Waals surface area contributed by atoms with Crippen LogP contribution in [0.15, 0.2) is 17.2 Å². The standard InChI is InChI=1S/C13H23N3O2S2/c1-2-4-15-11-13(9-12(15)10-14)20(17,18)16-5-3-7-19-8-6-16/h9,11H,2-8,10,14H2,1H3. The molecule has 0 spiro atoms. The minimum Gasteiger partial charge on any atom is -0.349 e. The van der Waals surface area contributed by atoms with Gasteiger partial charge in [0.05, 0.1) is 0 Å². The van der Waals surface area contributed by atoms with Crippen LogP contribution in [0.4, 0.5) is 0 Å². The van der Waals surface area contributed by atoms with Gasteiger partial charge in [0.1, 0.15) is 4.90 Å². The van der Waals surface area contributed by atoms with Gasteiger partial charge in [0.15, 0.2) is 0 Å². The van der Waals surface area contributed by atoms with Crippen molar-refractivity contribution in [3.8, 4) is 0 Å². The van der Waals surface area contributed by atoms with Crippen molar-refractivity contribution in [2.24, 2.45) is 5.73 Å². The smallest absolute Gasteiger partial charge is 0.244 e. The van der Waals surface area contributed by atoms with E-state index in [0.29, 0.717) is 24.5 Å². The van der Waals surface area contributed by atoms with Crippen molar-refractivity contribution in [1.82, 2.24) is 8.87 Å². The van der Waals surface area contributed by atoms with E-state index < -0.39 is 10.0 Å². The maximum Gasteiger partial charge on any atom is 0.244 e. The van der Waals surface area contributed by atoms with E-state index in [4.69, 9.17) is 5.73 Å². The van der Waals surface area contributed by atoms with Crippen LogP contribution in [-0.2, 0) is 23.1 Å². The Balaban J connectivity index is 2.28. The Morgan fingerprint density at radius 3 is 2.85 bits per heavy atom. The lowest BCUT2D eigenvalue weighted by Gasteiger charge is -2.18. The van der Waals surface area contributed by atoms with Crippen molar-refractivity contribution in [3.05, 3.63) is 18.0 Å². The summed E-state index contributed by atoms with van der Waals surface area (Å²) in [5, 5.41) is 0. The molecule has 114 valence electrons. The molecule has 1 aliphatic rings. The average Bonchev–Trinajstić information content (AvgIpc) is 2.66. The summed E-state index contributed by atoms with van der Waals surface area (Å²) in [5.41, 5.74) is 6.59. The molecule has 1 aromatic rings. The molecule has 7 heteroatoms. The number of aromatic nitrogens is 1.